The maximum atomic E-state index is 12.5. The first-order valence-electron chi connectivity index (χ1n) is 7.37. The molecular formula is C18H15NO5S. The fraction of sp³-hybridized carbons (Fsp3) is 0.0556. The van der Waals surface area contributed by atoms with Gasteiger partial charge >= 0.3 is 0 Å². The molecule has 0 aliphatic rings. The Labute approximate surface area is 145 Å². The highest BCUT2D eigenvalue weighted by molar-refractivity contribution is 7.91. The van der Waals surface area contributed by atoms with Gasteiger partial charge in [-0.2, -0.15) is 0 Å². The summed E-state index contributed by atoms with van der Waals surface area (Å²) in [5.41, 5.74) is 0.457. The molecule has 0 radical (unpaired) electrons. The molecule has 0 aliphatic heterocycles. The minimum absolute atomic E-state index is 0.0982. The van der Waals surface area contributed by atoms with Crippen LogP contribution in [0.15, 0.2) is 81.1 Å². The van der Waals surface area contributed by atoms with Gasteiger partial charge in [0.15, 0.2) is 5.76 Å². The van der Waals surface area contributed by atoms with Crippen molar-refractivity contribution in [1.82, 2.24) is 0 Å². The SMILES string of the molecule is COc1ccccc1NC(=O)c1ccc(S(=O)(=O)c2ccccc2)o1. The van der Waals surface area contributed by atoms with E-state index in [2.05, 4.69) is 5.32 Å². The van der Waals surface area contributed by atoms with Crippen molar-refractivity contribution in [3.8, 4) is 5.75 Å². The molecule has 1 N–H and O–H groups in total. The predicted molar refractivity (Wildman–Crippen MR) is 91.5 cm³/mol. The second kappa shape index (κ2) is 6.82. The number of benzene rings is 2. The molecule has 1 amide bonds. The zero-order chi connectivity index (χ0) is 17.9. The van der Waals surface area contributed by atoms with E-state index in [9.17, 15) is 13.2 Å². The molecular weight excluding hydrogens is 342 g/mol. The Morgan fingerprint density at radius 2 is 1.64 bits per heavy atom. The van der Waals surface area contributed by atoms with Crippen LogP contribution in [-0.2, 0) is 9.84 Å². The molecule has 0 aliphatic carbocycles. The first kappa shape index (κ1) is 16.8. The third-order valence-corrected chi connectivity index (χ3v) is 5.12. The highest BCUT2D eigenvalue weighted by Crippen LogP contribution is 2.26. The Hall–Kier alpha value is -3.06. The van der Waals surface area contributed by atoms with Crippen LogP contribution in [0.4, 0.5) is 5.69 Å². The van der Waals surface area contributed by atoms with E-state index < -0.39 is 15.7 Å². The van der Waals surface area contributed by atoms with E-state index in [0.29, 0.717) is 11.4 Å². The number of para-hydroxylation sites is 2. The van der Waals surface area contributed by atoms with Crippen LogP contribution in [0, 0.1) is 0 Å². The van der Waals surface area contributed by atoms with Crippen molar-refractivity contribution in [2.24, 2.45) is 0 Å². The van der Waals surface area contributed by atoms with Gasteiger partial charge in [0.05, 0.1) is 17.7 Å². The van der Waals surface area contributed by atoms with Crippen molar-refractivity contribution in [2.45, 2.75) is 9.99 Å². The van der Waals surface area contributed by atoms with Gasteiger partial charge < -0.3 is 14.5 Å². The molecule has 0 bridgehead atoms. The summed E-state index contributed by atoms with van der Waals surface area (Å²) in [4.78, 5) is 12.4. The van der Waals surface area contributed by atoms with Gasteiger partial charge in [-0.25, -0.2) is 8.42 Å². The molecule has 1 heterocycles. The molecule has 6 nitrogen and oxygen atoms in total. The fourth-order valence-electron chi connectivity index (χ4n) is 2.23. The number of methoxy groups -OCH3 is 1. The summed E-state index contributed by atoms with van der Waals surface area (Å²) in [6, 6.07) is 17.3. The van der Waals surface area contributed by atoms with Gasteiger partial charge in [0, 0.05) is 0 Å². The van der Waals surface area contributed by atoms with E-state index in [0.717, 1.165) is 0 Å². The summed E-state index contributed by atoms with van der Waals surface area (Å²) in [7, 11) is -2.32. The van der Waals surface area contributed by atoms with Crippen LogP contribution in [0.3, 0.4) is 0 Å². The number of nitrogens with one attached hydrogen (secondary N) is 1. The second-order valence-corrected chi connectivity index (χ2v) is 6.97. The average molecular weight is 357 g/mol. The van der Waals surface area contributed by atoms with Crippen LogP contribution in [0.25, 0.3) is 0 Å². The quantitative estimate of drug-likeness (QED) is 0.757. The van der Waals surface area contributed by atoms with Crippen LogP contribution in [0.2, 0.25) is 0 Å². The molecule has 0 atom stereocenters. The van der Waals surface area contributed by atoms with E-state index >= 15 is 0 Å². The van der Waals surface area contributed by atoms with Crippen molar-refractivity contribution >= 4 is 21.4 Å². The molecule has 128 valence electrons. The molecule has 2 aromatic carbocycles. The Morgan fingerprint density at radius 3 is 2.36 bits per heavy atom. The lowest BCUT2D eigenvalue weighted by Gasteiger charge is -2.08. The third kappa shape index (κ3) is 3.41. The maximum absolute atomic E-state index is 12.5. The van der Waals surface area contributed by atoms with Crippen molar-refractivity contribution in [1.29, 1.82) is 0 Å². The number of hydrogen-bond donors (Lipinski definition) is 1. The minimum Gasteiger partial charge on any atom is -0.495 e. The van der Waals surface area contributed by atoms with Crippen molar-refractivity contribution < 1.29 is 22.4 Å². The number of furan rings is 1. The topological polar surface area (TPSA) is 85.6 Å². The summed E-state index contributed by atoms with van der Waals surface area (Å²) in [6.45, 7) is 0. The van der Waals surface area contributed by atoms with Gasteiger partial charge in [-0.1, -0.05) is 30.3 Å². The summed E-state index contributed by atoms with van der Waals surface area (Å²) in [5.74, 6) is -0.195. The number of ether oxygens (including phenoxy) is 1. The van der Waals surface area contributed by atoms with Crippen LogP contribution in [-0.4, -0.2) is 21.4 Å². The van der Waals surface area contributed by atoms with Crippen LogP contribution >= 0.6 is 0 Å². The van der Waals surface area contributed by atoms with Gasteiger partial charge in [-0.15, -0.1) is 0 Å². The van der Waals surface area contributed by atoms with Gasteiger partial charge in [0.2, 0.25) is 14.9 Å². The number of amides is 1. The molecule has 0 spiro atoms. The molecule has 7 heteroatoms. The average Bonchev–Trinajstić information content (AvgIpc) is 3.14. The smallest absolute Gasteiger partial charge is 0.291 e. The molecule has 3 rings (SSSR count). The normalized spacial score (nSPS) is 11.1. The second-order valence-electron chi connectivity index (χ2n) is 5.09. The largest absolute Gasteiger partial charge is 0.495 e. The third-order valence-electron chi connectivity index (χ3n) is 3.48. The molecule has 0 unspecified atom stereocenters. The Bertz CT molecular complexity index is 993. The highest BCUT2D eigenvalue weighted by Gasteiger charge is 2.23. The molecule has 3 aromatic rings. The number of anilines is 1. The molecule has 0 saturated carbocycles. The molecule has 0 saturated heterocycles. The van der Waals surface area contributed by atoms with Crippen LogP contribution < -0.4 is 10.1 Å². The number of carbonyl (C=O) groups excluding carboxylic acids is 1. The van der Waals surface area contributed by atoms with Gasteiger partial charge in [-0.3, -0.25) is 4.79 Å². The lowest BCUT2D eigenvalue weighted by molar-refractivity contribution is 0.0991. The number of rotatable bonds is 5. The van der Waals surface area contributed by atoms with Gasteiger partial charge in [-0.05, 0) is 36.4 Å². The standard InChI is InChI=1S/C18H15NO5S/c1-23-15-10-6-5-9-14(15)19-18(20)16-11-12-17(24-16)25(21,22)13-7-3-2-4-8-13/h2-12H,1H3,(H,19,20). The summed E-state index contributed by atoms with van der Waals surface area (Å²) in [6.07, 6.45) is 0. The Kier molecular flexibility index (Phi) is 4.58. The minimum atomic E-state index is -3.81. The molecule has 25 heavy (non-hydrogen) atoms. The first-order valence-corrected chi connectivity index (χ1v) is 8.85. The van der Waals surface area contributed by atoms with Crippen molar-refractivity contribution in [2.75, 3.05) is 12.4 Å². The summed E-state index contributed by atoms with van der Waals surface area (Å²) >= 11 is 0. The Morgan fingerprint density at radius 1 is 0.960 bits per heavy atom. The molecule has 0 fully saturated rings. The summed E-state index contributed by atoms with van der Waals surface area (Å²) < 4.78 is 35.4. The van der Waals surface area contributed by atoms with Gasteiger partial charge in [0.25, 0.3) is 5.91 Å². The number of sulfone groups is 1. The van der Waals surface area contributed by atoms with E-state index in [1.165, 1.54) is 31.4 Å². The first-order chi connectivity index (χ1) is 12.0. The number of carbonyl (C=O) groups is 1. The van der Waals surface area contributed by atoms with Crippen molar-refractivity contribution in [3.05, 3.63) is 72.5 Å². The van der Waals surface area contributed by atoms with Crippen LogP contribution in [0.5, 0.6) is 5.75 Å². The highest BCUT2D eigenvalue weighted by atomic mass is 32.2. The zero-order valence-corrected chi connectivity index (χ0v) is 14.1. The maximum Gasteiger partial charge on any atom is 0.291 e. The molecule has 1 aromatic heterocycles. The Balaban J connectivity index is 1.85. The monoisotopic (exact) mass is 357 g/mol. The zero-order valence-electron chi connectivity index (χ0n) is 13.3. The predicted octanol–water partition coefficient (Wildman–Crippen LogP) is 3.37. The fourth-order valence-corrected chi connectivity index (χ4v) is 3.43. The van der Waals surface area contributed by atoms with Gasteiger partial charge in [0.1, 0.15) is 5.75 Å². The van der Waals surface area contributed by atoms with Crippen LogP contribution in [0.1, 0.15) is 10.6 Å². The lowest BCUT2D eigenvalue weighted by atomic mass is 10.3. The van der Waals surface area contributed by atoms with E-state index in [-0.39, 0.29) is 15.7 Å². The van der Waals surface area contributed by atoms with E-state index in [4.69, 9.17) is 9.15 Å². The van der Waals surface area contributed by atoms with E-state index in [1.807, 2.05) is 0 Å². The lowest BCUT2D eigenvalue weighted by Crippen LogP contribution is -2.11. The van der Waals surface area contributed by atoms with E-state index in [1.54, 1.807) is 42.5 Å². The van der Waals surface area contributed by atoms with Crippen molar-refractivity contribution in [3.63, 3.8) is 0 Å². The number of hydrogen-bond acceptors (Lipinski definition) is 5. The summed E-state index contributed by atoms with van der Waals surface area (Å²) in [5, 5.41) is 2.34.